The summed E-state index contributed by atoms with van der Waals surface area (Å²) in [6.45, 7) is 6.53. The molecular formula is C22H30N6O4. The van der Waals surface area contributed by atoms with Crippen LogP contribution in [0, 0.1) is 0 Å². The van der Waals surface area contributed by atoms with Gasteiger partial charge in [-0.2, -0.15) is 0 Å². The summed E-state index contributed by atoms with van der Waals surface area (Å²) in [5.41, 5.74) is 8.66. The van der Waals surface area contributed by atoms with Crippen LogP contribution in [0.4, 0.5) is 17.5 Å². The van der Waals surface area contributed by atoms with Gasteiger partial charge in [-0.1, -0.05) is 0 Å². The maximum Gasteiger partial charge on any atom is 0.184 e. The summed E-state index contributed by atoms with van der Waals surface area (Å²) in [5.74, 6) is 2.92. The number of hydrogen-bond donors (Lipinski definition) is 1. The van der Waals surface area contributed by atoms with E-state index in [-0.39, 0.29) is 12.1 Å². The van der Waals surface area contributed by atoms with Gasteiger partial charge >= 0.3 is 0 Å². The number of nitrogens with two attached hydrogens (primary N) is 1. The van der Waals surface area contributed by atoms with Gasteiger partial charge in [-0.25, -0.2) is 15.0 Å². The van der Waals surface area contributed by atoms with Gasteiger partial charge in [0.1, 0.15) is 17.5 Å². The average Bonchev–Trinajstić information content (AvgIpc) is 3.19. The number of fused-ring (bicyclic) bond motifs is 3. The largest absolute Gasteiger partial charge is 0.384 e. The van der Waals surface area contributed by atoms with Crippen LogP contribution in [-0.2, 0) is 25.4 Å². The van der Waals surface area contributed by atoms with Gasteiger partial charge in [0.2, 0.25) is 0 Å². The highest BCUT2D eigenvalue weighted by Gasteiger charge is 2.38. The second-order valence-electron chi connectivity index (χ2n) is 8.42. The molecular weight excluding hydrogens is 412 g/mol. The maximum absolute atomic E-state index is 5.99. The summed E-state index contributed by atoms with van der Waals surface area (Å²) >= 11 is 0. The van der Waals surface area contributed by atoms with Crippen LogP contribution in [0.3, 0.4) is 0 Å². The number of hydrogen-bond acceptors (Lipinski definition) is 10. The van der Waals surface area contributed by atoms with Gasteiger partial charge in [0.05, 0.1) is 38.5 Å². The van der Waals surface area contributed by atoms with E-state index in [1.807, 2.05) is 0 Å². The topological polar surface area (TPSA) is 108 Å². The normalized spacial score (nSPS) is 22.9. The van der Waals surface area contributed by atoms with Crippen molar-refractivity contribution in [1.82, 2.24) is 15.0 Å². The molecule has 2 saturated heterocycles. The van der Waals surface area contributed by atoms with Crippen molar-refractivity contribution in [3.8, 4) is 11.4 Å². The van der Waals surface area contributed by atoms with Crippen molar-refractivity contribution >= 4 is 17.5 Å². The van der Waals surface area contributed by atoms with E-state index in [1.165, 1.54) is 5.56 Å². The number of nitrogen functional groups attached to an aromatic ring is 1. The van der Waals surface area contributed by atoms with Gasteiger partial charge in [-0.15, -0.1) is 0 Å². The van der Waals surface area contributed by atoms with Crippen LogP contribution in [0.5, 0.6) is 0 Å². The SMILES string of the molecule is COC(OC)c1cc(N)ncc1-c1nc2c(c(N3CCOC[C@H]3C)n1)C[C@@H]1COCCN21. The first-order valence-corrected chi connectivity index (χ1v) is 11.0. The number of rotatable bonds is 5. The van der Waals surface area contributed by atoms with Gasteiger partial charge in [-0.3, -0.25) is 0 Å². The van der Waals surface area contributed by atoms with E-state index in [0.717, 1.165) is 42.3 Å². The highest BCUT2D eigenvalue weighted by atomic mass is 16.7. The summed E-state index contributed by atoms with van der Waals surface area (Å²) in [6.07, 6.45) is 1.98. The third-order valence-corrected chi connectivity index (χ3v) is 6.42. The number of pyridine rings is 1. The van der Waals surface area contributed by atoms with Crippen molar-refractivity contribution in [3.63, 3.8) is 0 Å². The Hall–Kier alpha value is -2.53. The van der Waals surface area contributed by atoms with Crippen LogP contribution >= 0.6 is 0 Å². The molecule has 2 N–H and O–H groups in total. The van der Waals surface area contributed by atoms with Gasteiger partial charge in [0, 0.05) is 56.6 Å². The van der Waals surface area contributed by atoms with E-state index in [4.69, 9.17) is 34.6 Å². The third-order valence-electron chi connectivity index (χ3n) is 6.42. The molecule has 10 heteroatoms. The molecule has 0 amide bonds. The molecule has 10 nitrogen and oxygen atoms in total. The lowest BCUT2D eigenvalue weighted by Gasteiger charge is -2.35. The molecule has 3 aliphatic heterocycles. The molecule has 0 saturated carbocycles. The minimum absolute atomic E-state index is 0.221. The van der Waals surface area contributed by atoms with Crippen LogP contribution in [0.15, 0.2) is 12.3 Å². The minimum atomic E-state index is -0.603. The van der Waals surface area contributed by atoms with Crippen molar-refractivity contribution < 1.29 is 18.9 Å². The number of anilines is 3. The Balaban J connectivity index is 1.67. The lowest BCUT2D eigenvalue weighted by atomic mass is 10.1. The molecule has 5 heterocycles. The summed E-state index contributed by atoms with van der Waals surface area (Å²) in [4.78, 5) is 19.1. The van der Waals surface area contributed by atoms with Gasteiger partial charge in [0.15, 0.2) is 12.1 Å². The average molecular weight is 443 g/mol. The Kier molecular flexibility index (Phi) is 5.85. The molecule has 2 aromatic heterocycles. The van der Waals surface area contributed by atoms with Crippen molar-refractivity contribution in [1.29, 1.82) is 0 Å². The molecule has 0 spiro atoms. The zero-order valence-corrected chi connectivity index (χ0v) is 18.8. The summed E-state index contributed by atoms with van der Waals surface area (Å²) in [7, 11) is 3.19. The van der Waals surface area contributed by atoms with Crippen molar-refractivity contribution in [2.24, 2.45) is 0 Å². The quantitative estimate of drug-likeness (QED) is 0.683. The van der Waals surface area contributed by atoms with Gasteiger partial charge in [-0.05, 0) is 13.0 Å². The van der Waals surface area contributed by atoms with E-state index in [1.54, 1.807) is 26.5 Å². The lowest BCUT2D eigenvalue weighted by molar-refractivity contribution is -0.105. The number of aromatic nitrogens is 3. The fraction of sp³-hybridized carbons (Fsp3) is 0.591. The van der Waals surface area contributed by atoms with Crippen LogP contribution in [0.2, 0.25) is 0 Å². The minimum Gasteiger partial charge on any atom is -0.384 e. The first kappa shape index (κ1) is 21.3. The fourth-order valence-corrected chi connectivity index (χ4v) is 4.84. The maximum atomic E-state index is 5.99. The summed E-state index contributed by atoms with van der Waals surface area (Å²) in [5, 5.41) is 0. The molecule has 0 aromatic carbocycles. The van der Waals surface area contributed by atoms with E-state index < -0.39 is 6.29 Å². The Morgan fingerprint density at radius 3 is 2.47 bits per heavy atom. The zero-order chi connectivity index (χ0) is 22.2. The molecule has 0 radical (unpaired) electrons. The predicted octanol–water partition coefficient (Wildman–Crippen LogP) is 1.40. The van der Waals surface area contributed by atoms with Gasteiger partial charge in [0.25, 0.3) is 0 Å². The number of morpholine rings is 2. The van der Waals surface area contributed by atoms with Gasteiger partial charge < -0.3 is 34.5 Å². The number of nitrogens with zero attached hydrogens (tertiary/aromatic N) is 5. The fourth-order valence-electron chi connectivity index (χ4n) is 4.84. The highest BCUT2D eigenvalue weighted by molar-refractivity contribution is 5.72. The zero-order valence-electron chi connectivity index (χ0n) is 18.8. The Labute approximate surface area is 187 Å². The molecule has 2 aromatic rings. The first-order chi connectivity index (χ1) is 15.6. The van der Waals surface area contributed by atoms with Crippen molar-refractivity contribution in [3.05, 3.63) is 23.4 Å². The van der Waals surface area contributed by atoms with E-state index >= 15 is 0 Å². The molecule has 3 aliphatic rings. The monoisotopic (exact) mass is 442 g/mol. The van der Waals surface area contributed by atoms with Crippen molar-refractivity contribution in [2.75, 3.05) is 69.3 Å². The molecule has 0 aliphatic carbocycles. The lowest BCUT2D eigenvalue weighted by Crippen LogP contribution is -2.44. The summed E-state index contributed by atoms with van der Waals surface area (Å²) in [6, 6.07) is 2.27. The van der Waals surface area contributed by atoms with Crippen LogP contribution in [0.25, 0.3) is 11.4 Å². The van der Waals surface area contributed by atoms with E-state index in [0.29, 0.717) is 38.1 Å². The Bertz CT molecular complexity index is 985. The van der Waals surface area contributed by atoms with Crippen LogP contribution in [0.1, 0.15) is 24.3 Å². The Morgan fingerprint density at radius 1 is 1.06 bits per heavy atom. The van der Waals surface area contributed by atoms with Crippen LogP contribution in [-0.4, -0.2) is 80.8 Å². The predicted molar refractivity (Wildman–Crippen MR) is 120 cm³/mol. The molecule has 0 unspecified atom stereocenters. The molecule has 0 bridgehead atoms. The molecule has 5 rings (SSSR count). The number of methoxy groups -OCH3 is 2. The van der Waals surface area contributed by atoms with Crippen molar-refractivity contribution in [2.45, 2.75) is 31.7 Å². The highest BCUT2D eigenvalue weighted by Crippen LogP contribution is 2.41. The van der Waals surface area contributed by atoms with Crippen LogP contribution < -0.4 is 15.5 Å². The summed E-state index contributed by atoms with van der Waals surface area (Å²) < 4.78 is 22.5. The molecule has 32 heavy (non-hydrogen) atoms. The molecule has 172 valence electrons. The third kappa shape index (κ3) is 3.66. The molecule has 2 atom stereocenters. The Morgan fingerprint density at radius 2 is 1.75 bits per heavy atom. The van der Waals surface area contributed by atoms with E-state index in [2.05, 4.69) is 21.7 Å². The smallest absolute Gasteiger partial charge is 0.184 e. The van der Waals surface area contributed by atoms with E-state index in [9.17, 15) is 0 Å². The number of ether oxygens (including phenoxy) is 4. The standard InChI is InChI=1S/C22H30N6O4/c1-13-11-31-6-4-27(13)20-16-8-14-12-32-7-5-28(14)21(16)26-19(25-20)17-10-24-18(23)9-15(17)22(29-2)30-3/h9-10,13-14,22H,4-8,11-12H2,1-3H3,(H2,23,24)/t13-,14-/m1/s1. The second kappa shape index (κ2) is 8.78. The molecule has 2 fully saturated rings. The first-order valence-electron chi connectivity index (χ1n) is 11.0. The second-order valence-corrected chi connectivity index (χ2v) is 8.42.